The number of halogens is 1. The van der Waals surface area contributed by atoms with Crippen LogP contribution < -0.4 is 14.2 Å². The number of aryl methyl sites for hydroxylation is 1. The van der Waals surface area contributed by atoms with Crippen LogP contribution >= 0.6 is 0 Å². The maximum Gasteiger partial charge on any atom is 0.274 e. The van der Waals surface area contributed by atoms with E-state index >= 15 is 0 Å². The van der Waals surface area contributed by atoms with E-state index in [-0.39, 0.29) is 17.8 Å². The van der Waals surface area contributed by atoms with E-state index in [1.165, 1.54) is 13.2 Å². The lowest BCUT2D eigenvalue weighted by molar-refractivity contribution is -0.0373. The summed E-state index contributed by atoms with van der Waals surface area (Å²) in [5.41, 5.74) is 3.27. The molecule has 2 aliphatic rings. The zero-order chi connectivity index (χ0) is 27.2. The van der Waals surface area contributed by atoms with E-state index in [0.29, 0.717) is 61.2 Å². The van der Waals surface area contributed by atoms with Crippen LogP contribution in [0, 0.1) is 5.82 Å². The number of ether oxygens (including phenoxy) is 4. The van der Waals surface area contributed by atoms with Crippen molar-refractivity contribution in [1.82, 2.24) is 14.5 Å². The zero-order valence-electron chi connectivity index (χ0n) is 22.8. The smallest absolute Gasteiger partial charge is 0.274 e. The van der Waals surface area contributed by atoms with Gasteiger partial charge in [0.2, 0.25) is 0 Å². The van der Waals surface area contributed by atoms with Gasteiger partial charge in [-0.1, -0.05) is 0 Å². The van der Waals surface area contributed by atoms with E-state index < -0.39 is 11.4 Å². The van der Waals surface area contributed by atoms with Gasteiger partial charge in [-0.25, -0.2) is 9.37 Å². The molecule has 1 saturated heterocycles. The summed E-state index contributed by atoms with van der Waals surface area (Å²) in [6.07, 6.45) is 1.25. The van der Waals surface area contributed by atoms with Crippen LogP contribution in [-0.2, 0) is 17.6 Å². The molecule has 1 amide bonds. The summed E-state index contributed by atoms with van der Waals surface area (Å²) in [6.45, 7) is 9.32. The maximum absolute atomic E-state index is 14.3. The fraction of sp³-hybridized carbons (Fsp3) is 0.448. The third-order valence-corrected chi connectivity index (χ3v) is 7.07. The number of fused-ring (bicyclic) bond motifs is 3. The van der Waals surface area contributed by atoms with E-state index in [1.54, 1.807) is 19.2 Å². The molecule has 0 saturated carbocycles. The van der Waals surface area contributed by atoms with Gasteiger partial charge in [0.05, 0.1) is 50.5 Å². The van der Waals surface area contributed by atoms with E-state index in [0.717, 1.165) is 16.9 Å². The second-order valence-electron chi connectivity index (χ2n) is 10.5. The third kappa shape index (κ3) is 4.49. The van der Waals surface area contributed by atoms with Crippen molar-refractivity contribution >= 4 is 5.91 Å². The summed E-state index contributed by atoms with van der Waals surface area (Å²) in [6, 6.07) is 8.55. The van der Waals surface area contributed by atoms with Crippen molar-refractivity contribution in [3.05, 3.63) is 53.1 Å². The molecule has 2 aromatic carbocycles. The monoisotopic (exact) mass is 523 g/mol. The van der Waals surface area contributed by atoms with E-state index in [4.69, 9.17) is 23.9 Å². The van der Waals surface area contributed by atoms with Crippen LogP contribution in [0.25, 0.3) is 17.1 Å². The molecule has 38 heavy (non-hydrogen) atoms. The molecule has 202 valence electrons. The summed E-state index contributed by atoms with van der Waals surface area (Å²) in [5.74, 6) is 1.29. The van der Waals surface area contributed by atoms with Crippen LogP contribution in [0.1, 0.15) is 49.4 Å². The van der Waals surface area contributed by atoms with Crippen molar-refractivity contribution in [3.8, 4) is 34.3 Å². The molecule has 0 aliphatic carbocycles. The number of nitrogens with zero attached hydrogens (tertiary/aromatic N) is 3. The van der Waals surface area contributed by atoms with Gasteiger partial charge in [-0.2, -0.15) is 0 Å². The van der Waals surface area contributed by atoms with Crippen molar-refractivity contribution in [3.63, 3.8) is 0 Å². The predicted molar refractivity (Wildman–Crippen MR) is 141 cm³/mol. The molecule has 1 aromatic heterocycles. The number of amides is 1. The van der Waals surface area contributed by atoms with Gasteiger partial charge in [0, 0.05) is 18.2 Å². The Balaban J connectivity index is 1.73. The summed E-state index contributed by atoms with van der Waals surface area (Å²) in [7, 11) is 3.05. The third-order valence-electron chi connectivity index (χ3n) is 7.07. The number of morpholine rings is 1. The largest absolute Gasteiger partial charge is 0.494 e. The minimum absolute atomic E-state index is 0.0608. The van der Waals surface area contributed by atoms with Gasteiger partial charge < -0.3 is 23.8 Å². The van der Waals surface area contributed by atoms with Crippen LogP contribution in [0.5, 0.6) is 17.2 Å². The lowest BCUT2D eigenvalue weighted by Gasteiger charge is -2.41. The van der Waals surface area contributed by atoms with Gasteiger partial charge >= 0.3 is 0 Å². The molecule has 2 aliphatic heterocycles. The van der Waals surface area contributed by atoms with Crippen LogP contribution in [0.2, 0.25) is 0 Å². The number of methoxy groups -OCH3 is 2. The zero-order valence-corrected chi connectivity index (χ0v) is 22.8. The molecule has 0 spiro atoms. The standard InChI is InChI=1S/C29H34FN3O5/c1-17(2)38-25-15-22-18(13-24(25)36-6)8-10-21-26(28(34)32-11-12-37-16-29(32,3)4)31-27(33(21)22)19-7-9-20(30)23(14-19)35-5/h7,9,13-15,17H,8,10-12,16H2,1-6H3. The van der Waals surface area contributed by atoms with Crippen molar-refractivity contribution in [2.75, 3.05) is 34.0 Å². The molecular formula is C29H34FN3O5. The van der Waals surface area contributed by atoms with E-state index in [9.17, 15) is 9.18 Å². The molecule has 0 atom stereocenters. The fourth-order valence-corrected chi connectivity index (χ4v) is 5.23. The number of imidazole rings is 1. The minimum Gasteiger partial charge on any atom is -0.494 e. The molecule has 5 rings (SSSR count). The first-order chi connectivity index (χ1) is 18.1. The van der Waals surface area contributed by atoms with Crippen LogP contribution in [0.15, 0.2) is 30.3 Å². The molecule has 8 nitrogen and oxygen atoms in total. The number of hydrogen-bond donors (Lipinski definition) is 0. The van der Waals surface area contributed by atoms with Crippen LogP contribution in [0.4, 0.5) is 4.39 Å². The number of hydrogen-bond acceptors (Lipinski definition) is 6. The normalized spacial score (nSPS) is 16.2. The summed E-state index contributed by atoms with van der Waals surface area (Å²) < 4.78 is 38.9. The Labute approximate surface area is 222 Å². The molecule has 1 fully saturated rings. The second-order valence-corrected chi connectivity index (χ2v) is 10.5. The van der Waals surface area contributed by atoms with Gasteiger partial charge in [-0.05, 0) is 70.4 Å². The highest BCUT2D eigenvalue weighted by atomic mass is 19.1. The van der Waals surface area contributed by atoms with Crippen molar-refractivity contribution in [2.24, 2.45) is 0 Å². The quantitative estimate of drug-likeness (QED) is 0.461. The lowest BCUT2D eigenvalue weighted by atomic mass is 9.98. The Morgan fingerprint density at radius 1 is 1.08 bits per heavy atom. The number of aromatic nitrogens is 2. The summed E-state index contributed by atoms with van der Waals surface area (Å²) in [5, 5.41) is 0. The van der Waals surface area contributed by atoms with Crippen molar-refractivity contribution in [2.45, 2.75) is 52.2 Å². The molecule has 0 N–H and O–H groups in total. The predicted octanol–water partition coefficient (Wildman–Crippen LogP) is 4.83. The van der Waals surface area contributed by atoms with Crippen molar-refractivity contribution in [1.29, 1.82) is 0 Å². The molecule has 3 heterocycles. The Morgan fingerprint density at radius 2 is 1.84 bits per heavy atom. The van der Waals surface area contributed by atoms with Crippen LogP contribution in [0.3, 0.4) is 0 Å². The second kappa shape index (κ2) is 9.94. The molecule has 0 unspecified atom stereocenters. The maximum atomic E-state index is 14.3. The molecule has 9 heteroatoms. The number of benzene rings is 2. The van der Waals surface area contributed by atoms with Crippen molar-refractivity contribution < 1.29 is 28.1 Å². The van der Waals surface area contributed by atoms with Gasteiger partial charge in [-0.3, -0.25) is 9.36 Å². The van der Waals surface area contributed by atoms with Gasteiger partial charge in [0.15, 0.2) is 28.8 Å². The molecule has 0 radical (unpaired) electrons. The number of carbonyl (C=O) groups excluding carboxylic acids is 1. The summed E-state index contributed by atoms with van der Waals surface area (Å²) in [4.78, 5) is 20.8. The fourth-order valence-electron chi connectivity index (χ4n) is 5.23. The average Bonchev–Trinajstić information content (AvgIpc) is 3.28. The molecular weight excluding hydrogens is 489 g/mol. The minimum atomic E-state index is -0.469. The molecule has 0 bridgehead atoms. The van der Waals surface area contributed by atoms with Gasteiger partial charge in [0.25, 0.3) is 5.91 Å². The van der Waals surface area contributed by atoms with Gasteiger partial charge in [-0.15, -0.1) is 0 Å². The van der Waals surface area contributed by atoms with E-state index in [1.807, 2.05) is 49.3 Å². The number of rotatable bonds is 6. The van der Waals surface area contributed by atoms with Gasteiger partial charge in [0.1, 0.15) is 5.82 Å². The highest BCUT2D eigenvalue weighted by Gasteiger charge is 2.38. The lowest BCUT2D eigenvalue weighted by Crippen LogP contribution is -2.55. The Bertz CT molecular complexity index is 1380. The SMILES string of the molecule is COc1cc(-c2nc(C(=O)N3CCOCC3(C)C)c3n2-c2cc(OC(C)C)c(OC)cc2CC3)ccc1F. The topological polar surface area (TPSA) is 75.0 Å². The van der Waals surface area contributed by atoms with Crippen LogP contribution in [-0.4, -0.2) is 66.0 Å². The Hall–Kier alpha value is -3.59. The first-order valence-electron chi connectivity index (χ1n) is 12.9. The first-order valence-corrected chi connectivity index (χ1v) is 12.9. The first kappa shape index (κ1) is 26.0. The van der Waals surface area contributed by atoms with E-state index in [2.05, 4.69) is 0 Å². The average molecular weight is 524 g/mol. The molecule has 3 aromatic rings. The summed E-state index contributed by atoms with van der Waals surface area (Å²) >= 11 is 0. The highest BCUT2D eigenvalue weighted by Crippen LogP contribution is 2.41. The number of carbonyl (C=O) groups is 1. The highest BCUT2D eigenvalue weighted by molar-refractivity contribution is 5.95. The Kier molecular flexibility index (Phi) is 6.81. The Morgan fingerprint density at radius 3 is 2.53 bits per heavy atom.